The van der Waals surface area contributed by atoms with Crippen molar-refractivity contribution in [3.8, 4) is 5.75 Å². The number of rotatable bonds is 6. The molecule has 100 valence electrons. The van der Waals surface area contributed by atoms with E-state index >= 15 is 0 Å². The van der Waals surface area contributed by atoms with E-state index in [0.717, 1.165) is 29.2 Å². The second-order valence-electron chi connectivity index (χ2n) is 4.18. The largest absolute Gasteiger partial charge is 0.489 e. The molecule has 0 saturated heterocycles. The Morgan fingerprint density at radius 1 is 1.21 bits per heavy atom. The molecule has 0 bridgehead atoms. The van der Waals surface area contributed by atoms with Crippen LogP contribution in [0.25, 0.3) is 0 Å². The Morgan fingerprint density at radius 2 is 2.11 bits per heavy atom. The number of pyridine rings is 1. The van der Waals surface area contributed by atoms with Gasteiger partial charge in [-0.2, -0.15) is 0 Å². The van der Waals surface area contributed by atoms with E-state index in [1.807, 2.05) is 43.3 Å². The number of aliphatic hydroxyl groups is 1. The minimum atomic E-state index is 0.0239. The van der Waals surface area contributed by atoms with Gasteiger partial charge in [0, 0.05) is 18.3 Å². The lowest BCUT2D eigenvalue weighted by atomic mass is 10.2. The van der Waals surface area contributed by atoms with Crippen molar-refractivity contribution in [3.63, 3.8) is 0 Å². The molecule has 4 heteroatoms. The predicted octanol–water partition coefficient (Wildman–Crippen LogP) is 2.58. The molecule has 0 saturated carbocycles. The van der Waals surface area contributed by atoms with Crippen LogP contribution in [-0.2, 0) is 13.2 Å². The van der Waals surface area contributed by atoms with Gasteiger partial charge in [0.1, 0.15) is 18.2 Å². The summed E-state index contributed by atoms with van der Waals surface area (Å²) in [4.78, 5) is 4.28. The standard InChI is InChI=1S/C15H18N2O2/c1-2-16-15-7-6-13(9-17-15)11-19-14-5-3-4-12(8-14)10-18/h3-9,18H,2,10-11H2,1H3,(H,16,17). The summed E-state index contributed by atoms with van der Waals surface area (Å²) in [6.07, 6.45) is 1.80. The fourth-order valence-corrected chi connectivity index (χ4v) is 1.70. The number of nitrogens with zero attached hydrogens (tertiary/aromatic N) is 1. The van der Waals surface area contributed by atoms with E-state index in [9.17, 15) is 0 Å². The number of aromatic nitrogens is 1. The van der Waals surface area contributed by atoms with Crippen molar-refractivity contribution in [2.45, 2.75) is 20.1 Å². The molecule has 2 N–H and O–H groups in total. The van der Waals surface area contributed by atoms with E-state index in [-0.39, 0.29) is 6.61 Å². The van der Waals surface area contributed by atoms with Crippen LogP contribution in [0.15, 0.2) is 42.6 Å². The van der Waals surface area contributed by atoms with Gasteiger partial charge in [0.2, 0.25) is 0 Å². The van der Waals surface area contributed by atoms with Gasteiger partial charge in [0.05, 0.1) is 6.61 Å². The van der Waals surface area contributed by atoms with E-state index in [1.165, 1.54) is 0 Å². The van der Waals surface area contributed by atoms with Crippen molar-refractivity contribution in [1.29, 1.82) is 0 Å². The first kappa shape index (κ1) is 13.4. The highest BCUT2D eigenvalue weighted by Gasteiger charge is 1.99. The van der Waals surface area contributed by atoms with Crippen LogP contribution >= 0.6 is 0 Å². The zero-order valence-corrected chi connectivity index (χ0v) is 11.0. The predicted molar refractivity (Wildman–Crippen MR) is 75.1 cm³/mol. The first-order valence-electron chi connectivity index (χ1n) is 6.33. The normalized spacial score (nSPS) is 10.2. The number of aliphatic hydroxyl groups excluding tert-OH is 1. The second-order valence-corrected chi connectivity index (χ2v) is 4.18. The van der Waals surface area contributed by atoms with E-state index in [1.54, 1.807) is 6.20 Å². The lowest BCUT2D eigenvalue weighted by Gasteiger charge is -2.08. The van der Waals surface area contributed by atoms with Gasteiger partial charge in [-0.3, -0.25) is 0 Å². The fraction of sp³-hybridized carbons (Fsp3) is 0.267. The average Bonchev–Trinajstić information content (AvgIpc) is 2.47. The summed E-state index contributed by atoms with van der Waals surface area (Å²) in [6.45, 7) is 3.38. The monoisotopic (exact) mass is 258 g/mol. The molecule has 0 aliphatic carbocycles. The van der Waals surface area contributed by atoms with Gasteiger partial charge >= 0.3 is 0 Å². The lowest BCUT2D eigenvalue weighted by molar-refractivity contribution is 0.278. The third kappa shape index (κ3) is 3.96. The maximum atomic E-state index is 9.06. The first-order valence-corrected chi connectivity index (χ1v) is 6.33. The summed E-state index contributed by atoms with van der Waals surface area (Å²) >= 11 is 0. The fourth-order valence-electron chi connectivity index (χ4n) is 1.70. The minimum absolute atomic E-state index is 0.0239. The molecule has 2 rings (SSSR count). The highest BCUT2D eigenvalue weighted by atomic mass is 16.5. The van der Waals surface area contributed by atoms with E-state index in [0.29, 0.717) is 6.61 Å². The smallest absolute Gasteiger partial charge is 0.125 e. The Hall–Kier alpha value is -2.07. The Labute approximate surface area is 113 Å². The summed E-state index contributed by atoms with van der Waals surface area (Å²) in [7, 11) is 0. The van der Waals surface area contributed by atoms with Gasteiger partial charge in [0.25, 0.3) is 0 Å². The number of ether oxygens (including phenoxy) is 1. The zero-order chi connectivity index (χ0) is 13.5. The van der Waals surface area contributed by atoms with Gasteiger partial charge in [-0.25, -0.2) is 4.98 Å². The topological polar surface area (TPSA) is 54.4 Å². The van der Waals surface area contributed by atoms with Crippen molar-refractivity contribution >= 4 is 5.82 Å². The summed E-state index contributed by atoms with van der Waals surface area (Å²) in [5.41, 5.74) is 1.86. The van der Waals surface area contributed by atoms with Gasteiger partial charge in [0.15, 0.2) is 0 Å². The number of hydrogen-bond acceptors (Lipinski definition) is 4. The molecule has 2 aromatic rings. The third-order valence-electron chi connectivity index (χ3n) is 2.67. The molecule has 0 radical (unpaired) electrons. The molecular formula is C15H18N2O2. The van der Waals surface area contributed by atoms with Crippen LogP contribution in [0, 0.1) is 0 Å². The Kier molecular flexibility index (Phi) is 4.75. The summed E-state index contributed by atoms with van der Waals surface area (Å²) in [5, 5.41) is 12.2. The van der Waals surface area contributed by atoms with Crippen LogP contribution in [0.5, 0.6) is 5.75 Å². The highest BCUT2D eigenvalue weighted by Crippen LogP contribution is 2.15. The van der Waals surface area contributed by atoms with Crippen molar-refractivity contribution < 1.29 is 9.84 Å². The summed E-state index contributed by atoms with van der Waals surface area (Å²) < 4.78 is 5.66. The SMILES string of the molecule is CCNc1ccc(COc2cccc(CO)c2)cn1. The van der Waals surface area contributed by atoms with Crippen LogP contribution in [0.1, 0.15) is 18.1 Å². The van der Waals surface area contributed by atoms with Crippen LogP contribution in [0.2, 0.25) is 0 Å². The second kappa shape index (κ2) is 6.75. The molecule has 1 aromatic carbocycles. The van der Waals surface area contributed by atoms with Gasteiger partial charge in [-0.15, -0.1) is 0 Å². The Bertz CT molecular complexity index is 512. The number of nitrogens with one attached hydrogen (secondary N) is 1. The number of anilines is 1. The number of hydrogen-bond donors (Lipinski definition) is 2. The Morgan fingerprint density at radius 3 is 2.79 bits per heavy atom. The third-order valence-corrected chi connectivity index (χ3v) is 2.67. The van der Waals surface area contributed by atoms with Gasteiger partial charge in [-0.1, -0.05) is 18.2 Å². The Balaban J connectivity index is 1.94. The van der Waals surface area contributed by atoms with Crippen LogP contribution in [0.3, 0.4) is 0 Å². The number of benzene rings is 1. The average molecular weight is 258 g/mol. The van der Waals surface area contributed by atoms with Crippen LogP contribution in [-0.4, -0.2) is 16.6 Å². The maximum absolute atomic E-state index is 9.06. The highest BCUT2D eigenvalue weighted by molar-refractivity contribution is 5.35. The molecule has 1 aromatic heterocycles. The van der Waals surface area contributed by atoms with Crippen LogP contribution < -0.4 is 10.1 Å². The molecular weight excluding hydrogens is 240 g/mol. The summed E-state index contributed by atoms with van der Waals surface area (Å²) in [6, 6.07) is 11.4. The van der Waals surface area contributed by atoms with Crippen molar-refractivity contribution in [3.05, 3.63) is 53.7 Å². The van der Waals surface area contributed by atoms with Crippen LogP contribution in [0.4, 0.5) is 5.82 Å². The van der Waals surface area contributed by atoms with E-state index in [2.05, 4.69) is 10.3 Å². The van der Waals surface area contributed by atoms with Crippen molar-refractivity contribution in [2.75, 3.05) is 11.9 Å². The molecule has 0 aliphatic rings. The molecule has 0 unspecified atom stereocenters. The molecule has 0 aliphatic heterocycles. The summed E-state index contributed by atoms with van der Waals surface area (Å²) in [5.74, 6) is 1.62. The molecule has 0 atom stereocenters. The molecule has 4 nitrogen and oxygen atoms in total. The molecule has 19 heavy (non-hydrogen) atoms. The van der Waals surface area contributed by atoms with E-state index < -0.39 is 0 Å². The molecule has 0 amide bonds. The quantitative estimate of drug-likeness (QED) is 0.836. The van der Waals surface area contributed by atoms with Crippen molar-refractivity contribution in [2.24, 2.45) is 0 Å². The van der Waals surface area contributed by atoms with Gasteiger partial charge < -0.3 is 15.2 Å². The molecule has 1 heterocycles. The van der Waals surface area contributed by atoms with E-state index in [4.69, 9.17) is 9.84 Å². The molecule has 0 spiro atoms. The first-order chi connectivity index (χ1) is 9.31. The van der Waals surface area contributed by atoms with Crippen molar-refractivity contribution in [1.82, 2.24) is 4.98 Å². The molecule has 0 fully saturated rings. The maximum Gasteiger partial charge on any atom is 0.125 e. The minimum Gasteiger partial charge on any atom is -0.489 e. The zero-order valence-electron chi connectivity index (χ0n) is 11.0. The lowest BCUT2D eigenvalue weighted by Crippen LogP contribution is -2.01. The van der Waals surface area contributed by atoms with Gasteiger partial charge in [-0.05, 0) is 30.7 Å².